The number of nitrogens with zero attached hydrogens (tertiary/aromatic N) is 6. The Balaban J connectivity index is 1.49. The van der Waals surface area contributed by atoms with Crippen molar-refractivity contribution < 1.29 is 0 Å². The van der Waals surface area contributed by atoms with Crippen molar-refractivity contribution in [1.29, 1.82) is 0 Å². The maximum atomic E-state index is 4.89. The molecule has 7 heteroatoms. The molecule has 2 aliphatic heterocycles. The number of pyridine rings is 2. The van der Waals surface area contributed by atoms with Gasteiger partial charge in [0.15, 0.2) is 5.65 Å². The first-order valence-corrected chi connectivity index (χ1v) is 10.6. The Kier molecular flexibility index (Phi) is 6.04. The number of halogens is 1. The first kappa shape index (κ1) is 19.2. The standard InChI is InChI=1S/C20H29BrN6/c1-24-5-9-26(10-6-24)14-16-3-4-18-19(21)13-17(23-20(18)22-16)15-27-11-7-25(2)8-12-27/h3-4,13H,5-12,14-15H2,1-2H3. The largest absolute Gasteiger partial charge is 0.304 e. The van der Waals surface area contributed by atoms with Crippen LogP contribution in [0.3, 0.4) is 0 Å². The van der Waals surface area contributed by atoms with Gasteiger partial charge >= 0.3 is 0 Å². The summed E-state index contributed by atoms with van der Waals surface area (Å²) in [4.78, 5) is 19.5. The number of hydrogen-bond donors (Lipinski definition) is 0. The predicted molar refractivity (Wildman–Crippen MR) is 113 cm³/mol. The van der Waals surface area contributed by atoms with Crippen molar-refractivity contribution in [1.82, 2.24) is 29.6 Å². The Hall–Kier alpha value is -1.12. The van der Waals surface area contributed by atoms with E-state index in [1.165, 1.54) is 0 Å². The van der Waals surface area contributed by atoms with Crippen molar-refractivity contribution in [3.05, 3.63) is 34.1 Å². The van der Waals surface area contributed by atoms with E-state index in [4.69, 9.17) is 9.97 Å². The number of rotatable bonds is 4. The molecule has 2 aromatic heterocycles. The summed E-state index contributed by atoms with van der Waals surface area (Å²) in [6.07, 6.45) is 0. The summed E-state index contributed by atoms with van der Waals surface area (Å²) >= 11 is 3.73. The maximum Gasteiger partial charge on any atom is 0.160 e. The average molecular weight is 433 g/mol. The summed E-state index contributed by atoms with van der Waals surface area (Å²) < 4.78 is 1.09. The molecule has 0 aliphatic carbocycles. The van der Waals surface area contributed by atoms with Crippen LogP contribution in [0.5, 0.6) is 0 Å². The Morgan fingerprint density at radius 1 is 0.778 bits per heavy atom. The summed E-state index contributed by atoms with van der Waals surface area (Å²) in [6.45, 7) is 10.7. The molecule has 2 aromatic rings. The molecule has 0 radical (unpaired) electrons. The van der Waals surface area contributed by atoms with E-state index in [9.17, 15) is 0 Å². The van der Waals surface area contributed by atoms with Crippen molar-refractivity contribution in [2.75, 3.05) is 66.5 Å². The van der Waals surface area contributed by atoms with E-state index >= 15 is 0 Å². The normalized spacial score (nSPS) is 21.1. The monoisotopic (exact) mass is 432 g/mol. The number of hydrogen-bond acceptors (Lipinski definition) is 6. The van der Waals surface area contributed by atoms with Crippen LogP contribution in [0, 0.1) is 0 Å². The molecule has 0 aromatic carbocycles. The smallest absolute Gasteiger partial charge is 0.160 e. The van der Waals surface area contributed by atoms with Gasteiger partial charge in [-0.1, -0.05) is 0 Å². The third-order valence-corrected chi connectivity index (χ3v) is 6.35. The van der Waals surface area contributed by atoms with Crippen LogP contribution in [0.1, 0.15) is 11.4 Å². The highest BCUT2D eigenvalue weighted by atomic mass is 79.9. The zero-order valence-corrected chi connectivity index (χ0v) is 18.0. The van der Waals surface area contributed by atoms with E-state index < -0.39 is 0 Å². The lowest BCUT2D eigenvalue weighted by molar-refractivity contribution is 0.146. The lowest BCUT2D eigenvalue weighted by atomic mass is 10.2. The van der Waals surface area contributed by atoms with Crippen LogP contribution in [-0.4, -0.2) is 96.0 Å². The minimum absolute atomic E-state index is 0.861. The molecule has 0 amide bonds. The number of fused-ring (bicyclic) bond motifs is 1. The zero-order chi connectivity index (χ0) is 18.8. The van der Waals surface area contributed by atoms with Gasteiger partial charge in [0.25, 0.3) is 0 Å². The van der Waals surface area contributed by atoms with Crippen molar-refractivity contribution in [3.8, 4) is 0 Å². The van der Waals surface area contributed by atoms with Crippen LogP contribution in [-0.2, 0) is 13.1 Å². The van der Waals surface area contributed by atoms with E-state index in [0.29, 0.717) is 0 Å². The van der Waals surface area contributed by atoms with Gasteiger partial charge in [0.05, 0.1) is 11.4 Å². The fourth-order valence-electron chi connectivity index (χ4n) is 3.79. The molecule has 27 heavy (non-hydrogen) atoms. The van der Waals surface area contributed by atoms with Crippen LogP contribution in [0.25, 0.3) is 11.0 Å². The average Bonchev–Trinajstić information content (AvgIpc) is 2.65. The Morgan fingerprint density at radius 3 is 1.89 bits per heavy atom. The summed E-state index contributed by atoms with van der Waals surface area (Å²) in [5.41, 5.74) is 3.08. The van der Waals surface area contributed by atoms with E-state index in [0.717, 1.165) is 92.3 Å². The second-order valence-electron chi connectivity index (χ2n) is 7.93. The number of piperazine rings is 2. The summed E-state index contributed by atoms with van der Waals surface area (Å²) in [7, 11) is 4.38. The van der Waals surface area contributed by atoms with Crippen LogP contribution in [0.15, 0.2) is 22.7 Å². The quantitative estimate of drug-likeness (QED) is 0.734. The molecule has 0 N–H and O–H groups in total. The van der Waals surface area contributed by atoms with Crippen molar-refractivity contribution in [3.63, 3.8) is 0 Å². The van der Waals surface area contributed by atoms with E-state index in [1.807, 2.05) is 0 Å². The van der Waals surface area contributed by atoms with Crippen molar-refractivity contribution in [2.45, 2.75) is 13.1 Å². The fraction of sp³-hybridized carbons (Fsp3) is 0.600. The van der Waals surface area contributed by atoms with Gasteiger partial charge in [-0.05, 0) is 48.2 Å². The van der Waals surface area contributed by atoms with Gasteiger partial charge in [-0.2, -0.15) is 0 Å². The van der Waals surface area contributed by atoms with Gasteiger partial charge in [0.1, 0.15) is 0 Å². The third-order valence-electron chi connectivity index (χ3n) is 5.70. The van der Waals surface area contributed by atoms with Gasteiger partial charge < -0.3 is 9.80 Å². The van der Waals surface area contributed by atoms with Crippen LogP contribution >= 0.6 is 15.9 Å². The second-order valence-corrected chi connectivity index (χ2v) is 8.78. The van der Waals surface area contributed by atoms with Gasteiger partial charge in [-0.3, -0.25) is 9.80 Å². The van der Waals surface area contributed by atoms with E-state index in [-0.39, 0.29) is 0 Å². The first-order valence-electron chi connectivity index (χ1n) is 9.84. The zero-order valence-electron chi connectivity index (χ0n) is 16.4. The molecule has 2 aliphatic rings. The summed E-state index contributed by atoms with van der Waals surface area (Å²) in [5, 5.41) is 1.10. The summed E-state index contributed by atoms with van der Waals surface area (Å²) in [5.74, 6) is 0. The lowest BCUT2D eigenvalue weighted by Gasteiger charge is -2.32. The highest BCUT2D eigenvalue weighted by molar-refractivity contribution is 9.10. The first-order chi connectivity index (χ1) is 13.1. The number of aromatic nitrogens is 2. The Morgan fingerprint density at radius 2 is 1.30 bits per heavy atom. The van der Waals surface area contributed by atoms with Crippen LogP contribution < -0.4 is 0 Å². The molecule has 4 heterocycles. The minimum atomic E-state index is 0.861. The molecule has 146 valence electrons. The minimum Gasteiger partial charge on any atom is -0.304 e. The van der Waals surface area contributed by atoms with Crippen molar-refractivity contribution >= 4 is 27.0 Å². The molecule has 2 fully saturated rings. The highest BCUT2D eigenvalue weighted by Crippen LogP contribution is 2.24. The van der Waals surface area contributed by atoms with E-state index in [2.05, 4.69) is 67.8 Å². The van der Waals surface area contributed by atoms with Crippen LogP contribution in [0.2, 0.25) is 0 Å². The second kappa shape index (κ2) is 8.49. The van der Waals surface area contributed by atoms with Crippen molar-refractivity contribution in [2.24, 2.45) is 0 Å². The molecule has 4 rings (SSSR count). The molecule has 0 bridgehead atoms. The fourth-order valence-corrected chi connectivity index (χ4v) is 4.36. The molecule has 6 nitrogen and oxygen atoms in total. The van der Waals surface area contributed by atoms with Gasteiger partial charge in [0.2, 0.25) is 0 Å². The predicted octanol–water partition coefficient (Wildman–Crippen LogP) is 1.89. The van der Waals surface area contributed by atoms with E-state index in [1.54, 1.807) is 0 Å². The molecule has 0 unspecified atom stereocenters. The highest BCUT2D eigenvalue weighted by Gasteiger charge is 2.17. The van der Waals surface area contributed by atoms with Gasteiger partial charge in [-0.25, -0.2) is 9.97 Å². The third kappa shape index (κ3) is 4.84. The summed E-state index contributed by atoms with van der Waals surface area (Å²) in [6, 6.07) is 6.46. The van der Waals surface area contributed by atoms with Gasteiger partial charge in [-0.15, -0.1) is 0 Å². The number of likely N-dealkylation sites (N-methyl/N-ethyl adjacent to an activating group) is 2. The molecule has 0 atom stereocenters. The molecular formula is C20H29BrN6. The van der Waals surface area contributed by atoms with Crippen LogP contribution in [0.4, 0.5) is 0 Å². The molecule has 0 spiro atoms. The Bertz CT molecular complexity index is 776. The lowest BCUT2D eigenvalue weighted by Crippen LogP contribution is -2.44. The Labute approximate surface area is 170 Å². The maximum absolute atomic E-state index is 4.89. The van der Waals surface area contributed by atoms with Gasteiger partial charge in [0, 0.05) is 75.3 Å². The topological polar surface area (TPSA) is 38.7 Å². The molecular weight excluding hydrogens is 404 g/mol. The SMILES string of the molecule is CN1CCN(Cc2ccc3c(Br)cc(CN4CCN(C)CC4)nc3n2)CC1. The molecule has 0 saturated carbocycles. The molecule has 2 saturated heterocycles.